The van der Waals surface area contributed by atoms with Crippen LogP contribution in [0.5, 0.6) is 0 Å². The highest BCUT2D eigenvalue weighted by Gasteiger charge is 2.16. The second-order valence-corrected chi connectivity index (χ2v) is 5.86. The molecule has 0 saturated carbocycles. The number of nitrogens with zero attached hydrogens (tertiary/aromatic N) is 1. The van der Waals surface area contributed by atoms with Gasteiger partial charge in [0.1, 0.15) is 5.82 Å². The Balaban J connectivity index is 2.66. The van der Waals surface area contributed by atoms with Gasteiger partial charge in [0.15, 0.2) is 0 Å². The lowest BCUT2D eigenvalue weighted by atomic mass is 10.2. The molecule has 0 aliphatic carbocycles. The van der Waals surface area contributed by atoms with Crippen molar-refractivity contribution in [3.05, 3.63) is 17.3 Å². The molecule has 1 aromatic rings. The van der Waals surface area contributed by atoms with Crippen LogP contribution in [0.3, 0.4) is 0 Å². The first-order chi connectivity index (χ1) is 6.94. The first-order valence-corrected chi connectivity index (χ1v) is 6.25. The largest absolute Gasteiger partial charge is 0.396 e. The van der Waals surface area contributed by atoms with Crippen molar-refractivity contribution in [2.75, 3.05) is 23.9 Å². The highest BCUT2D eigenvalue weighted by molar-refractivity contribution is 7.99. The molecular formula is C10H16ClN3S. The molecule has 0 spiro atoms. The Morgan fingerprint density at radius 1 is 1.60 bits per heavy atom. The summed E-state index contributed by atoms with van der Waals surface area (Å²) in [6.45, 7) is 5.14. The Morgan fingerprint density at radius 3 is 2.80 bits per heavy atom. The van der Waals surface area contributed by atoms with Crippen molar-refractivity contribution < 1.29 is 0 Å². The lowest BCUT2D eigenvalue weighted by molar-refractivity contribution is 0.750. The smallest absolute Gasteiger partial charge is 0.149 e. The highest BCUT2D eigenvalue weighted by Crippen LogP contribution is 2.24. The van der Waals surface area contributed by atoms with Gasteiger partial charge in [-0.1, -0.05) is 11.6 Å². The van der Waals surface area contributed by atoms with Crippen LogP contribution in [-0.4, -0.2) is 22.5 Å². The lowest BCUT2D eigenvalue weighted by Crippen LogP contribution is -2.26. The number of halogens is 1. The second kappa shape index (κ2) is 4.94. The van der Waals surface area contributed by atoms with Crippen molar-refractivity contribution in [2.24, 2.45) is 0 Å². The fourth-order valence-electron chi connectivity index (χ4n) is 0.971. The number of hydrogen-bond acceptors (Lipinski definition) is 4. The third-order valence-corrected chi connectivity index (χ3v) is 3.57. The molecule has 1 aromatic heterocycles. The number of nitrogens with two attached hydrogens (primary N) is 1. The zero-order valence-electron chi connectivity index (χ0n) is 9.17. The van der Waals surface area contributed by atoms with Crippen molar-refractivity contribution >= 4 is 34.9 Å². The maximum absolute atomic E-state index is 5.78. The van der Waals surface area contributed by atoms with E-state index in [2.05, 4.69) is 30.4 Å². The average Bonchev–Trinajstić information content (AvgIpc) is 2.16. The minimum atomic E-state index is 0.160. The predicted octanol–water partition coefficient (Wildman–Crippen LogP) is 2.87. The van der Waals surface area contributed by atoms with Crippen LogP contribution in [0.2, 0.25) is 5.02 Å². The molecule has 84 valence electrons. The van der Waals surface area contributed by atoms with E-state index in [4.69, 9.17) is 17.3 Å². The zero-order chi connectivity index (χ0) is 11.5. The van der Waals surface area contributed by atoms with Crippen LogP contribution in [0.15, 0.2) is 12.3 Å². The summed E-state index contributed by atoms with van der Waals surface area (Å²) < 4.78 is 0.160. The summed E-state index contributed by atoms with van der Waals surface area (Å²) in [6, 6.07) is 1.70. The van der Waals surface area contributed by atoms with Gasteiger partial charge in [0, 0.05) is 17.5 Å². The average molecular weight is 246 g/mol. The van der Waals surface area contributed by atoms with Gasteiger partial charge in [-0.05, 0) is 26.2 Å². The maximum Gasteiger partial charge on any atom is 0.149 e. The highest BCUT2D eigenvalue weighted by atomic mass is 35.5. The summed E-state index contributed by atoms with van der Waals surface area (Å²) in [5, 5.41) is 3.77. The first kappa shape index (κ1) is 12.5. The van der Waals surface area contributed by atoms with Crippen molar-refractivity contribution in [1.29, 1.82) is 0 Å². The molecule has 0 aliphatic rings. The molecule has 0 bridgehead atoms. The number of rotatable bonds is 4. The van der Waals surface area contributed by atoms with Gasteiger partial charge in [-0.15, -0.1) is 0 Å². The summed E-state index contributed by atoms with van der Waals surface area (Å²) in [7, 11) is 0. The summed E-state index contributed by atoms with van der Waals surface area (Å²) >= 11 is 7.56. The number of hydrogen-bond donors (Lipinski definition) is 2. The summed E-state index contributed by atoms with van der Waals surface area (Å²) in [5.74, 6) is 0.696. The molecule has 0 aliphatic heterocycles. The lowest BCUT2D eigenvalue weighted by Gasteiger charge is -2.22. The normalized spacial score (nSPS) is 11.5. The number of anilines is 2. The van der Waals surface area contributed by atoms with Gasteiger partial charge in [-0.3, -0.25) is 0 Å². The quantitative estimate of drug-likeness (QED) is 0.857. The van der Waals surface area contributed by atoms with E-state index < -0.39 is 0 Å². The number of pyridine rings is 1. The van der Waals surface area contributed by atoms with Gasteiger partial charge in [-0.2, -0.15) is 11.8 Å². The maximum atomic E-state index is 5.78. The number of thioether (sulfide) groups is 1. The third-order valence-electron chi connectivity index (χ3n) is 2.12. The second-order valence-electron chi connectivity index (χ2n) is 3.91. The Hall–Kier alpha value is -0.610. The molecular weight excluding hydrogens is 230 g/mol. The van der Waals surface area contributed by atoms with Gasteiger partial charge in [0.25, 0.3) is 0 Å². The molecule has 0 aromatic carbocycles. The van der Waals surface area contributed by atoms with E-state index in [-0.39, 0.29) is 4.75 Å². The fourth-order valence-corrected chi connectivity index (χ4v) is 1.35. The minimum absolute atomic E-state index is 0.160. The zero-order valence-corrected chi connectivity index (χ0v) is 10.7. The Morgan fingerprint density at radius 2 is 2.27 bits per heavy atom. The number of nitrogen functional groups attached to an aromatic ring is 1. The van der Waals surface area contributed by atoms with Crippen molar-refractivity contribution in [3.63, 3.8) is 0 Å². The van der Waals surface area contributed by atoms with Crippen LogP contribution in [-0.2, 0) is 0 Å². The van der Waals surface area contributed by atoms with Crippen LogP contribution in [0.25, 0.3) is 0 Å². The van der Waals surface area contributed by atoms with E-state index in [0.717, 1.165) is 6.54 Å². The Kier molecular flexibility index (Phi) is 4.11. The Bertz CT molecular complexity index is 341. The molecule has 0 fully saturated rings. The standard InChI is InChI=1S/C10H16ClN3S/c1-10(2,15-3)6-14-9-8(12)4-7(11)5-13-9/h4-5H,6,12H2,1-3H3,(H,13,14). The molecule has 0 atom stereocenters. The minimum Gasteiger partial charge on any atom is -0.396 e. The summed E-state index contributed by atoms with van der Waals surface area (Å²) in [5.41, 5.74) is 6.36. The molecule has 3 N–H and O–H groups in total. The van der Waals surface area contributed by atoms with Crippen molar-refractivity contribution in [2.45, 2.75) is 18.6 Å². The molecule has 1 heterocycles. The van der Waals surface area contributed by atoms with E-state index >= 15 is 0 Å². The molecule has 1 rings (SSSR count). The molecule has 0 radical (unpaired) electrons. The topological polar surface area (TPSA) is 50.9 Å². The van der Waals surface area contributed by atoms with E-state index in [1.807, 2.05) is 0 Å². The fraction of sp³-hybridized carbons (Fsp3) is 0.500. The SMILES string of the molecule is CSC(C)(C)CNc1ncc(Cl)cc1N. The molecule has 0 amide bonds. The van der Waals surface area contributed by atoms with Crippen LogP contribution < -0.4 is 11.1 Å². The van der Waals surface area contributed by atoms with Gasteiger partial charge in [0.2, 0.25) is 0 Å². The van der Waals surface area contributed by atoms with E-state index in [9.17, 15) is 0 Å². The van der Waals surface area contributed by atoms with Crippen molar-refractivity contribution in [1.82, 2.24) is 4.98 Å². The first-order valence-electron chi connectivity index (χ1n) is 4.64. The van der Waals surface area contributed by atoms with Crippen LogP contribution in [0.4, 0.5) is 11.5 Å². The van der Waals surface area contributed by atoms with Gasteiger partial charge in [-0.25, -0.2) is 4.98 Å². The molecule has 15 heavy (non-hydrogen) atoms. The monoisotopic (exact) mass is 245 g/mol. The molecule has 3 nitrogen and oxygen atoms in total. The van der Waals surface area contributed by atoms with Crippen LogP contribution in [0.1, 0.15) is 13.8 Å². The van der Waals surface area contributed by atoms with Crippen LogP contribution >= 0.6 is 23.4 Å². The number of aromatic nitrogens is 1. The third kappa shape index (κ3) is 3.80. The van der Waals surface area contributed by atoms with Crippen molar-refractivity contribution in [3.8, 4) is 0 Å². The van der Waals surface area contributed by atoms with Gasteiger partial charge >= 0.3 is 0 Å². The Labute approximate surface area is 99.8 Å². The van der Waals surface area contributed by atoms with Crippen LogP contribution in [0, 0.1) is 0 Å². The van der Waals surface area contributed by atoms with E-state index in [1.54, 1.807) is 24.0 Å². The molecule has 0 saturated heterocycles. The molecule has 5 heteroatoms. The number of nitrogens with one attached hydrogen (secondary N) is 1. The van der Waals surface area contributed by atoms with Gasteiger partial charge in [0.05, 0.1) is 10.7 Å². The predicted molar refractivity (Wildman–Crippen MR) is 69.7 cm³/mol. The summed E-state index contributed by atoms with van der Waals surface area (Å²) in [6.07, 6.45) is 3.67. The summed E-state index contributed by atoms with van der Waals surface area (Å²) in [4.78, 5) is 4.14. The van der Waals surface area contributed by atoms with E-state index in [0.29, 0.717) is 16.5 Å². The molecule has 0 unspecified atom stereocenters. The van der Waals surface area contributed by atoms with Gasteiger partial charge < -0.3 is 11.1 Å². The van der Waals surface area contributed by atoms with E-state index in [1.165, 1.54) is 0 Å².